The summed E-state index contributed by atoms with van der Waals surface area (Å²) < 4.78 is 0. The minimum absolute atomic E-state index is 0.0605. The minimum atomic E-state index is -0.135. The van der Waals surface area contributed by atoms with Gasteiger partial charge in [0.2, 0.25) is 5.91 Å². The first kappa shape index (κ1) is 12.2. The molecule has 0 fully saturated rings. The van der Waals surface area contributed by atoms with Crippen LogP contribution in [0.4, 0.5) is 0 Å². The van der Waals surface area contributed by atoms with Crippen LogP contribution in [0, 0.1) is 6.92 Å². The first-order chi connectivity index (χ1) is 7.15. The van der Waals surface area contributed by atoms with Gasteiger partial charge in [-0.25, -0.2) is 0 Å². The van der Waals surface area contributed by atoms with Gasteiger partial charge in [0.25, 0.3) is 0 Å². The number of likely N-dealkylation sites (N-methyl/N-ethyl adjacent to an activating group) is 1. The van der Waals surface area contributed by atoms with Crippen LogP contribution in [0.15, 0.2) is 10.8 Å². The van der Waals surface area contributed by atoms with Crippen molar-refractivity contribution < 1.29 is 4.79 Å². The van der Waals surface area contributed by atoms with E-state index in [1.165, 1.54) is 11.1 Å². The second-order valence-electron chi connectivity index (χ2n) is 3.58. The van der Waals surface area contributed by atoms with Gasteiger partial charge in [0, 0.05) is 13.1 Å². The van der Waals surface area contributed by atoms with Gasteiger partial charge < -0.3 is 10.6 Å². The third-order valence-corrected chi connectivity index (χ3v) is 3.21. The standard InChI is InChI=1S/C11H18N2OS/c1-4-12-11(14)9(3)13-5-10-7-15-6-8(10)2/h6-7,9,13H,4-5H2,1-3H3,(H,12,14). The first-order valence-corrected chi connectivity index (χ1v) is 6.12. The van der Waals surface area contributed by atoms with E-state index in [2.05, 4.69) is 28.3 Å². The predicted octanol–water partition coefficient (Wildman–Crippen LogP) is 1.67. The minimum Gasteiger partial charge on any atom is -0.355 e. The summed E-state index contributed by atoms with van der Waals surface area (Å²) in [4.78, 5) is 11.4. The van der Waals surface area contributed by atoms with Gasteiger partial charge in [0.1, 0.15) is 0 Å². The zero-order valence-electron chi connectivity index (χ0n) is 9.46. The van der Waals surface area contributed by atoms with Crippen molar-refractivity contribution in [2.45, 2.75) is 33.4 Å². The van der Waals surface area contributed by atoms with Crippen molar-refractivity contribution in [3.63, 3.8) is 0 Å². The predicted molar refractivity (Wildman–Crippen MR) is 64.0 cm³/mol. The van der Waals surface area contributed by atoms with E-state index in [0.717, 1.165) is 6.54 Å². The summed E-state index contributed by atoms with van der Waals surface area (Å²) in [5.41, 5.74) is 2.56. The number of rotatable bonds is 5. The van der Waals surface area contributed by atoms with Gasteiger partial charge in [-0.15, -0.1) is 0 Å². The summed E-state index contributed by atoms with van der Waals surface area (Å²) in [5.74, 6) is 0.0605. The molecular formula is C11H18N2OS. The number of carbonyl (C=O) groups is 1. The molecule has 1 aromatic rings. The highest BCUT2D eigenvalue weighted by Crippen LogP contribution is 2.13. The molecule has 15 heavy (non-hydrogen) atoms. The van der Waals surface area contributed by atoms with E-state index in [9.17, 15) is 4.79 Å². The topological polar surface area (TPSA) is 41.1 Å². The average Bonchev–Trinajstić information content (AvgIpc) is 2.61. The summed E-state index contributed by atoms with van der Waals surface area (Å²) in [6, 6.07) is -0.135. The molecule has 3 nitrogen and oxygen atoms in total. The molecule has 0 radical (unpaired) electrons. The molecule has 0 saturated heterocycles. The van der Waals surface area contributed by atoms with Crippen molar-refractivity contribution in [3.05, 3.63) is 21.9 Å². The molecule has 0 aliphatic carbocycles. The number of amides is 1. The molecular weight excluding hydrogens is 208 g/mol. The van der Waals surface area contributed by atoms with E-state index in [0.29, 0.717) is 6.54 Å². The van der Waals surface area contributed by atoms with Crippen molar-refractivity contribution >= 4 is 17.2 Å². The maximum absolute atomic E-state index is 11.4. The summed E-state index contributed by atoms with van der Waals surface area (Å²) in [5, 5.41) is 10.2. The summed E-state index contributed by atoms with van der Waals surface area (Å²) >= 11 is 1.70. The SMILES string of the molecule is CCNC(=O)C(C)NCc1cscc1C. The third-order valence-electron chi connectivity index (χ3n) is 2.30. The highest BCUT2D eigenvalue weighted by molar-refractivity contribution is 7.08. The van der Waals surface area contributed by atoms with Gasteiger partial charge in [-0.3, -0.25) is 4.79 Å². The molecule has 1 atom stereocenters. The maximum Gasteiger partial charge on any atom is 0.236 e. The van der Waals surface area contributed by atoms with Crippen LogP contribution in [0.5, 0.6) is 0 Å². The van der Waals surface area contributed by atoms with Crippen LogP contribution in [0.1, 0.15) is 25.0 Å². The lowest BCUT2D eigenvalue weighted by molar-refractivity contribution is -0.122. The maximum atomic E-state index is 11.4. The van der Waals surface area contributed by atoms with Crippen LogP contribution >= 0.6 is 11.3 Å². The second-order valence-corrected chi connectivity index (χ2v) is 4.32. The molecule has 4 heteroatoms. The molecule has 1 heterocycles. The molecule has 2 N–H and O–H groups in total. The van der Waals surface area contributed by atoms with Crippen LogP contribution < -0.4 is 10.6 Å². The van der Waals surface area contributed by atoms with Crippen LogP contribution in [0.3, 0.4) is 0 Å². The lowest BCUT2D eigenvalue weighted by Gasteiger charge is -2.12. The van der Waals surface area contributed by atoms with Gasteiger partial charge in [-0.05, 0) is 42.7 Å². The highest BCUT2D eigenvalue weighted by Gasteiger charge is 2.10. The Labute approximate surface area is 94.9 Å². The number of hydrogen-bond donors (Lipinski definition) is 2. The number of carbonyl (C=O) groups excluding carboxylic acids is 1. The highest BCUT2D eigenvalue weighted by atomic mass is 32.1. The van der Waals surface area contributed by atoms with Crippen LogP contribution in [0.25, 0.3) is 0 Å². The molecule has 1 amide bonds. The number of nitrogens with one attached hydrogen (secondary N) is 2. The van der Waals surface area contributed by atoms with Gasteiger partial charge in [-0.1, -0.05) is 0 Å². The molecule has 1 aromatic heterocycles. The molecule has 0 aromatic carbocycles. The van der Waals surface area contributed by atoms with E-state index in [1.807, 2.05) is 13.8 Å². The lowest BCUT2D eigenvalue weighted by atomic mass is 10.2. The van der Waals surface area contributed by atoms with Crippen molar-refractivity contribution in [2.24, 2.45) is 0 Å². The van der Waals surface area contributed by atoms with Crippen molar-refractivity contribution in [2.75, 3.05) is 6.54 Å². The van der Waals surface area contributed by atoms with Gasteiger partial charge in [-0.2, -0.15) is 11.3 Å². The Kier molecular flexibility index (Phi) is 4.78. The summed E-state index contributed by atoms with van der Waals surface area (Å²) in [7, 11) is 0. The van der Waals surface area contributed by atoms with Crippen LogP contribution in [0.2, 0.25) is 0 Å². The van der Waals surface area contributed by atoms with E-state index in [1.54, 1.807) is 11.3 Å². The lowest BCUT2D eigenvalue weighted by Crippen LogP contribution is -2.41. The number of thiophene rings is 1. The second kappa shape index (κ2) is 5.88. The van der Waals surface area contributed by atoms with Crippen molar-refractivity contribution in [1.82, 2.24) is 10.6 Å². The molecule has 0 saturated carbocycles. The average molecular weight is 226 g/mol. The Morgan fingerprint density at radius 2 is 2.27 bits per heavy atom. The van der Waals surface area contributed by atoms with E-state index in [-0.39, 0.29) is 11.9 Å². The van der Waals surface area contributed by atoms with Crippen LogP contribution in [-0.2, 0) is 11.3 Å². The van der Waals surface area contributed by atoms with Gasteiger partial charge in [0.15, 0.2) is 0 Å². The van der Waals surface area contributed by atoms with Crippen LogP contribution in [-0.4, -0.2) is 18.5 Å². The first-order valence-electron chi connectivity index (χ1n) is 5.18. The Balaban J connectivity index is 2.37. The Hall–Kier alpha value is -0.870. The fourth-order valence-corrected chi connectivity index (χ4v) is 2.11. The Morgan fingerprint density at radius 3 is 2.80 bits per heavy atom. The van der Waals surface area contributed by atoms with E-state index in [4.69, 9.17) is 0 Å². The van der Waals surface area contributed by atoms with Crippen molar-refractivity contribution in [3.8, 4) is 0 Å². The molecule has 0 spiro atoms. The number of hydrogen-bond acceptors (Lipinski definition) is 3. The monoisotopic (exact) mass is 226 g/mol. The van der Waals surface area contributed by atoms with Gasteiger partial charge in [0.05, 0.1) is 6.04 Å². The van der Waals surface area contributed by atoms with Crippen molar-refractivity contribution in [1.29, 1.82) is 0 Å². The molecule has 0 bridgehead atoms. The normalized spacial score (nSPS) is 12.5. The molecule has 1 unspecified atom stereocenters. The molecule has 84 valence electrons. The van der Waals surface area contributed by atoms with Gasteiger partial charge >= 0.3 is 0 Å². The fraction of sp³-hybridized carbons (Fsp3) is 0.545. The summed E-state index contributed by atoms with van der Waals surface area (Å²) in [6.45, 7) is 7.33. The summed E-state index contributed by atoms with van der Waals surface area (Å²) in [6.07, 6.45) is 0. The van der Waals surface area contributed by atoms with E-state index < -0.39 is 0 Å². The zero-order chi connectivity index (χ0) is 11.3. The zero-order valence-corrected chi connectivity index (χ0v) is 10.3. The molecule has 0 aliphatic rings. The fourth-order valence-electron chi connectivity index (χ4n) is 1.25. The number of aryl methyl sites for hydroxylation is 1. The Bertz CT molecular complexity index is 322. The quantitative estimate of drug-likeness (QED) is 0.802. The molecule has 0 aliphatic heterocycles. The van der Waals surface area contributed by atoms with E-state index >= 15 is 0 Å². The Morgan fingerprint density at radius 1 is 1.53 bits per heavy atom. The largest absolute Gasteiger partial charge is 0.355 e. The smallest absolute Gasteiger partial charge is 0.236 e. The third kappa shape index (κ3) is 3.64. The molecule has 1 rings (SSSR count).